The van der Waals surface area contributed by atoms with Crippen molar-refractivity contribution in [3.8, 4) is 11.8 Å². The van der Waals surface area contributed by atoms with E-state index in [0.29, 0.717) is 5.92 Å². The number of nitrogens with two attached hydrogens (primary N) is 1. The van der Waals surface area contributed by atoms with Crippen molar-refractivity contribution in [1.82, 2.24) is 0 Å². The molecular formula is C14H17NS. The fourth-order valence-electron chi connectivity index (χ4n) is 2.11. The van der Waals surface area contributed by atoms with Gasteiger partial charge in [-0.3, -0.25) is 0 Å². The molecule has 84 valence electrons. The van der Waals surface area contributed by atoms with Crippen LogP contribution in [-0.4, -0.2) is 11.8 Å². The molecule has 1 aliphatic rings. The average molecular weight is 231 g/mol. The van der Waals surface area contributed by atoms with Crippen LogP contribution >= 0.6 is 11.8 Å². The van der Waals surface area contributed by atoms with E-state index < -0.39 is 0 Å². The third-order valence-corrected chi connectivity index (χ3v) is 4.24. The molecule has 2 rings (SSSR count). The molecule has 2 atom stereocenters. The van der Waals surface area contributed by atoms with E-state index in [-0.39, 0.29) is 6.04 Å². The first-order valence-electron chi connectivity index (χ1n) is 5.70. The van der Waals surface area contributed by atoms with Crippen molar-refractivity contribution in [3.63, 3.8) is 0 Å². The first-order valence-corrected chi connectivity index (χ1v) is 6.68. The van der Waals surface area contributed by atoms with Gasteiger partial charge in [-0.05, 0) is 25.0 Å². The molecule has 0 saturated heterocycles. The zero-order chi connectivity index (χ0) is 11.4. The zero-order valence-electron chi connectivity index (χ0n) is 9.57. The van der Waals surface area contributed by atoms with E-state index in [9.17, 15) is 0 Å². The maximum absolute atomic E-state index is 6.25. The van der Waals surface area contributed by atoms with Crippen LogP contribution in [0.4, 0.5) is 0 Å². The number of fused-ring (bicyclic) bond motifs is 1. The van der Waals surface area contributed by atoms with Crippen LogP contribution < -0.4 is 5.73 Å². The Kier molecular flexibility index (Phi) is 3.93. The monoisotopic (exact) mass is 231 g/mol. The third kappa shape index (κ3) is 2.42. The summed E-state index contributed by atoms with van der Waals surface area (Å²) < 4.78 is 0. The van der Waals surface area contributed by atoms with E-state index in [0.717, 1.165) is 18.6 Å². The average Bonchev–Trinajstić information content (AvgIpc) is 2.73. The summed E-state index contributed by atoms with van der Waals surface area (Å²) in [5.74, 6) is 7.65. The van der Waals surface area contributed by atoms with E-state index in [1.807, 2.05) is 18.7 Å². The largest absolute Gasteiger partial charge is 0.327 e. The molecule has 1 aromatic rings. The van der Waals surface area contributed by atoms with Gasteiger partial charge in [0, 0.05) is 29.0 Å². The summed E-state index contributed by atoms with van der Waals surface area (Å²) in [4.78, 5) is 1.41. The lowest BCUT2D eigenvalue weighted by Gasteiger charge is -2.18. The van der Waals surface area contributed by atoms with E-state index >= 15 is 0 Å². The lowest BCUT2D eigenvalue weighted by atomic mass is 9.91. The molecule has 1 aliphatic heterocycles. The van der Waals surface area contributed by atoms with Crippen molar-refractivity contribution < 1.29 is 0 Å². The molecule has 0 aliphatic carbocycles. The lowest BCUT2D eigenvalue weighted by Crippen LogP contribution is -2.28. The molecule has 2 heteroatoms. The van der Waals surface area contributed by atoms with Gasteiger partial charge < -0.3 is 5.73 Å². The van der Waals surface area contributed by atoms with E-state index in [1.165, 1.54) is 10.5 Å². The summed E-state index contributed by atoms with van der Waals surface area (Å²) in [6.07, 6.45) is 1.92. The van der Waals surface area contributed by atoms with Gasteiger partial charge in [-0.1, -0.05) is 18.2 Å². The Bertz CT molecular complexity index is 416. The van der Waals surface area contributed by atoms with E-state index in [1.54, 1.807) is 0 Å². The first kappa shape index (κ1) is 11.6. The number of benzene rings is 1. The van der Waals surface area contributed by atoms with Crippen molar-refractivity contribution in [1.29, 1.82) is 0 Å². The van der Waals surface area contributed by atoms with Crippen LogP contribution in [0.25, 0.3) is 0 Å². The van der Waals surface area contributed by atoms with Gasteiger partial charge in [0.25, 0.3) is 0 Å². The van der Waals surface area contributed by atoms with Crippen LogP contribution in [0.5, 0.6) is 0 Å². The SMILES string of the molecule is CC#CCCC(N)C1CSc2ccccc21. The molecule has 1 aromatic carbocycles. The predicted molar refractivity (Wildman–Crippen MR) is 70.6 cm³/mol. The van der Waals surface area contributed by atoms with Gasteiger partial charge in [-0.15, -0.1) is 23.6 Å². The van der Waals surface area contributed by atoms with Crippen LogP contribution in [0.1, 0.15) is 31.2 Å². The quantitative estimate of drug-likeness (QED) is 0.809. The van der Waals surface area contributed by atoms with Gasteiger partial charge in [0.15, 0.2) is 0 Å². The number of hydrogen-bond acceptors (Lipinski definition) is 2. The van der Waals surface area contributed by atoms with Gasteiger partial charge >= 0.3 is 0 Å². The molecule has 16 heavy (non-hydrogen) atoms. The summed E-state index contributed by atoms with van der Waals surface area (Å²) in [5, 5.41) is 0. The maximum atomic E-state index is 6.25. The summed E-state index contributed by atoms with van der Waals surface area (Å²) in [7, 11) is 0. The highest BCUT2D eigenvalue weighted by atomic mass is 32.2. The minimum atomic E-state index is 0.247. The van der Waals surface area contributed by atoms with Crippen molar-refractivity contribution in [2.24, 2.45) is 5.73 Å². The molecule has 0 spiro atoms. The summed E-state index contributed by atoms with van der Waals surface area (Å²) >= 11 is 1.93. The Morgan fingerprint density at radius 1 is 1.50 bits per heavy atom. The molecule has 1 nitrogen and oxygen atoms in total. The highest BCUT2D eigenvalue weighted by molar-refractivity contribution is 7.99. The molecule has 0 bridgehead atoms. The van der Waals surface area contributed by atoms with Crippen LogP contribution in [0.2, 0.25) is 0 Å². The van der Waals surface area contributed by atoms with Crippen molar-refractivity contribution in [2.75, 3.05) is 5.75 Å². The van der Waals surface area contributed by atoms with Gasteiger partial charge in [-0.25, -0.2) is 0 Å². The molecule has 2 unspecified atom stereocenters. The Balaban J connectivity index is 2.03. The summed E-state index contributed by atoms with van der Waals surface area (Å²) in [5.41, 5.74) is 7.69. The van der Waals surface area contributed by atoms with Crippen LogP contribution in [0.3, 0.4) is 0 Å². The van der Waals surface area contributed by atoms with Crippen LogP contribution in [0, 0.1) is 11.8 Å². The minimum absolute atomic E-state index is 0.247. The highest BCUT2D eigenvalue weighted by Crippen LogP contribution is 2.41. The zero-order valence-corrected chi connectivity index (χ0v) is 10.4. The summed E-state index contributed by atoms with van der Waals surface area (Å²) in [6.45, 7) is 1.88. The molecule has 1 heterocycles. The predicted octanol–water partition coefficient (Wildman–Crippen LogP) is 3.01. The Labute approximate surface area is 102 Å². The standard InChI is InChI=1S/C14H17NS/c1-2-3-4-8-13(15)12-10-16-14-9-6-5-7-11(12)14/h5-7,9,12-13H,4,8,10,15H2,1H3. The fraction of sp³-hybridized carbons (Fsp3) is 0.429. The molecule has 0 saturated carbocycles. The smallest absolute Gasteiger partial charge is 0.0125 e. The van der Waals surface area contributed by atoms with Crippen LogP contribution in [-0.2, 0) is 0 Å². The number of rotatable bonds is 3. The van der Waals surface area contributed by atoms with E-state index in [4.69, 9.17) is 5.73 Å². The number of hydrogen-bond donors (Lipinski definition) is 1. The second-order valence-corrected chi connectivity index (χ2v) is 5.15. The fourth-order valence-corrected chi connectivity index (χ4v) is 3.45. The highest BCUT2D eigenvalue weighted by Gasteiger charge is 2.27. The molecule has 0 fully saturated rings. The topological polar surface area (TPSA) is 26.0 Å². The number of thioether (sulfide) groups is 1. The van der Waals surface area contributed by atoms with Gasteiger partial charge in [0.1, 0.15) is 0 Å². The van der Waals surface area contributed by atoms with Crippen molar-refractivity contribution in [2.45, 2.75) is 36.6 Å². The van der Waals surface area contributed by atoms with Gasteiger partial charge in [0.2, 0.25) is 0 Å². The lowest BCUT2D eigenvalue weighted by molar-refractivity contribution is 0.543. The molecule has 0 amide bonds. The molecular weight excluding hydrogens is 214 g/mol. The van der Waals surface area contributed by atoms with Crippen molar-refractivity contribution >= 4 is 11.8 Å². The Morgan fingerprint density at radius 3 is 3.12 bits per heavy atom. The van der Waals surface area contributed by atoms with Crippen molar-refractivity contribution in [3.05, 3.63) is 29.8 Å². The van der Waals surface area contributed by atoms with Crippen LogP contribution in [0.15, 0.2) is 29.2 Å². The molecule has 2 N–H and O–H groups in total. The van der Waals surface area contributed by atoms with E-state index in [2.05, 4.69) is 36.1 Å². The second kappa shape index (κ2) is 5.43. The molecule has 0 aromatic heterocycles. The normalized spacial score (nSPS) is 19.8. The molecule has 0 radical (unpaired) electrons. The second-order valence-electron chi connectivity index (χ2n) is 4.08. The first-order chi connectivity index (χ1) is 7.83. The minimum Gasteiger partial charge on any atom is -0.327 e. The third-order valence-electron chi connectivity index (χ3n) is 3.03. The maximum Gasteiger partial charge on any atom is 0.0125 e. The summed E-state index contributed by atoms with van der Waals surface area (Å²) in [6, 6.07) is 8.86. The Hall–Kier alpha value is -0.910. The van der Waals surface area contributed by atoms with Gasteiger partial charge in [-0.2, -0.15) is 0 Å². The van der Waals surface area contributed by atoms with Gasteiger partial charge in [0.05, 0.1) is 0 Å². The Morgan fingerprint density at radius 2 is 2.31 bits per heavy atom.